The fourth-order valence-corrected chi connectivity index (χ4v) is 2.86. The lowest BCUT2D eigenvalue weighted by molar-refractivity contribution is 0.482. The second-order valence-electron chi connectivity index (χ2n) is 3.36. The minimum Gasteiger partial charge on any atom is -0.468 e. The van der Waals surface area contributed by atoms with E-state index >= 15 is 0 Å². The molecular weight excluding hydrogens is 286 g/mol. The summed E-state index contributed by atoms with van der Waals surface area (Å²) in [6.07, 6.45) is 1.65. The van der Waals surface area contributed by atoms with Crippen LogP contribution in [-0.4, -0.2) is 5.75 Å². The zero-order chi connectivity index (χ0) is 11.4. The number of hydrogen-bond donors (Lipinski definition) is 1. The van der Waals surface area contributed by atoms with E-state index in [1.807, 2.05) is 30.3 Å². The van der Waals surface area contributed by atoms with Crippen LogP contribution >= 0.6 is 27.7 Å². The molecule has 4 heteroatoms. The van der Waals surface area contributed by atoms with Crippen LogP contribution in [0.5, 0.6) is 0 Å². The first-order valence-electron chi connectivity index (χ1n) is 4.93. The minimum absolute atomic E-state index is 0.0629. The average molecular weight is 298 g/mol. The number of rotatable bonds is 4. The van der Waals surface area contributed by atoms with Crippen LogP contribution in [0.25, 0.3) is 0 Å². The molecule has 0 saturated heterocycles. The van der Waals surface area contributed by atoms with E-state index in [1.54, 1.807) is 18.0 Å². The summed E-state index contributed by atoms with van der Waals surface area (Å²) in [6, 6.07) is 11.8. The Hall–Kier alpha value is -0.710. The molecule has 0 spiro atoms. The van der Waals surface area contributed by atoms with Gasteiger partial charge in [0.05, 0.1) is 12.3 Å². The van der Waals surface area contributed by atoms with Crippen molar-refractivity contribution in [2.45, 2.75) is 10.9 Å². The Bertz CT molecular complexity index is 444. The molecule has 0 aliphatic heterocycles. The number of halogens is 1. The van der Waals surface area contributed by atoms with Gasteiger partial charge >= 0.3 is 0 Å². The van der Waals surface area contributed by atoms with Crippen molar-refractivity contribution < 1.29 is 4.42 Å². The fraction of sp³-hybridized carbons (Fsp3) is 0.167. The van der Waals surface area contributed by atoms with Gasteiger partial charge < -0.3 is 10.2 Å². The zero-order valence-corrected chi connectivity index (χ0v) is 11.0. The molecule has 0 radical (unpaired) electrons. The van der Waals surface area contributed by atoms with Crippen LogP contribution in [0.1, 0.15) is 11.8 Å². The molecule has 1 aromatic carbocycles. The summed E-state index contributed by atoms with van der Waals surface area (Å²) >= 11 is 5.23. The summed E-state index contributed by atoms with van der Waals surface area (Å²) in [6.45, 7) is 0. The number of furan rings is 1. The predicted octanol–water partition coefficient (Wildman–Crippen LogP) is 3.83. The first-order chi connectivity index (χ1) is 7.77. The molecule has 0 fully saturated rings. The molecule has 1 aromatic heterocycles. The van der Waals surface area contributed by atoms with Gasteiger partial charge in [0.2, 0.25) is 0 Å². The molecule has 2 N–H and O–H groups in total. The van der Waals surface area contributed by atoms with E-state index in [-0.39, 0.29) is 6.04 Å². The van der Waals surface area contributed by atoms with Gasteiger partial charge in [-0.15, -0.1) is 11.8 Å². The van der Waals surface area contributed by atoms with Crippen LogP contribution in [-0.2, 0) is 0 Å². The largest absolute Gasteiger partial charge is 0.468 e. The third kappa shape index (κ3) is 2.90. The molecule has 1 heterocycles. The van der Waals surface area contributed by atoms with Crippen molar-refractivity contribution in [1.82, 2.24) is 0 Å². The van der Waals surface area contributed by atoms with Gasteiger partial charge in [-0.1, -0.05) is 12.1 Å². The van der Waals surface area contributed by atoms with Gasteiger partial charge in [0, 0.05) is 15.1 Å². The Morgan fingerprint density at radius 2 is 2.06 bits per heavy atom. The Kier molecular flexibility index (Phi) is 4.09. The maximum atomic E-state index is 6.01. The van der Waals surface area contributed by atoms with Crippen LogP contribution in [0.15, 0.2) is 56.4 Å². The summed E-state index contributed by atoms with van der Waals surface area (Å²) in [7, 11) is 0. The lowest BCUT2D eigenvalue weighted by Crippen LogP contribution is -2.11. The van der Waals surface area contributed by atoms with E-state index in [9.17, 15) is 0 Å². The average Bonchev–Trinajstić information content (AvgIpc) is 2.81. The third-order valence-electron chi connectivity index (χ3n) is 2.16. The highest BCUT2D eigenvalue weighted by molar-refractivity contribution is 9.10. The Balaban J connectivity index is 1.95. The van der Waals surface area contributed by atoms with E-state index in [1.165, 1.54) is 4.90 Å². The van der Waals surface area contributed by atoms with Crippen LogP contribution < -0.4 is 5.73 Å². The summed E-state index contributed by atoms with van der Waals surface area (Å²) in [4.78, 5) is 1.20. The zero-order valence-electron chi connectivity index (χ0n) is 8.60. The van der Waals surface area contributed by atoms with Crippen molar-refractivity contribution in [1.29, 1.82) is 0 Å². The standard InChI is InChI=1S/C12H12BrNOS/c13-9-4-1-2-6-12(9)16-8-10(14)11-5-3-7-15-11/h1-7,10H,8,14H2. The number of benzene rings is 1. The molecule has 1 unspecified atom stereocenters. The van der Waals surface area contributed by atoms with Crippen LogP contribution in [0, 0.1) is 0 Å². The normalized spacial score (nSPS) is 12.6. The molecule has 2 nitrogen and oxygen atoms in total. The highest BCUT2D eigenvalue weighted by atomic mass is 79.9. The van der Waals surface area contributed by atoms with E-state index in [4.69, 9.17) is 10.2 Å². The molecular formula is C12H12BrNOS. The maximum absolute atomic E-state index is 6.01. The van der Waals surface area contributed by atoms with Gasteiger partial charge in [0.1, 0.15) is 5.76 Å². The monoisotopic (exact) mass is 297 g/mol. The lowest BCUT2D eigenvalue weighted by Gasteiger charge is -2.09. The smallest absolute Gasteiger partial charge is 0.121 e. The maximum Gasteiger partial charge on any atom is 0.121 e. The quantitative estimate of drug-likeness (QED) is 0.872. The summed E-state index contributed by atoms with van der Waals surface area (Å²) in [5.41, 5.74) is 6.01. The van der Waals surface area contributed by atoms with Gasteiger partial charge in [0.15, 0.2) is 0 Å². The minimum atomic E-state index is -0.0629. The molecule has 2 aromatic rings. The first-order valence-corrected chi connectivity index (χ1v) is 6.71. The topological polar surface area (TPSA) is 39.2 Å². The molecule has 84 valence electrons. The van der Waals surface area contributed by atoms with E-state index in [2.05, 4.69) is 22.0 Å². The van der Waals surface area contributed by atoms with Crippen molar-refractivity contribution in [2.24, 2.45) is 5.73 Å². The van der Waals surface area contributed by atoms with Crippen LogP contribution in [0.3, 0.4) is 0 Å². The summed E-state index contributed by atoms with van der Waals surface area (Å²) in [5, 5.41) is 0. The lowest BCUT2D eigenvalue weighted by atomic mass is 10.3. The second-order valence-corrected chi connectivity index (χ2v) is 5.28. The second kappa shape index (κ2) is 5.57. The van der Waals surface area contributed by atoms with E-state index in [0.717, 1.165) is 16.0 Å². The molecule has 16 heavy (non-hydrogen) atoms. The van der Waals surface area contributed by atoms with E-state index < -0.39 is 0 Å². The fourth-order valence-electron chi connectivity index (χ4n) is 1.33. The van der Waals surface area contributed by atoms with E-state index in [0.29, 0.717) is 0 Å². The first kappa shape index (κ1) is 11.8. The van der Waals surface area contributed by atoms with Crippen molar-refractivity contribution >= 4 is 27.7 Å². The molecule has 1 atom stereocenters. The molecule has 0 bridgehead atoms. The van der Waals surface area contributed by atoms with Gasteiger partial charge in [-0.3, -0.25) is 0 Å². The highest BCUT2D eigenvalue weighted by Gasteiger charge is 2.10. The molecule has 0 aliphatic rings. The van der Waals surface area contributed by atoms with Crippen molar-refractivity contribution in [3.8, 4) is 0 Å². The SMILES string of the molecule is NC(CSc1ccccc1Br)c1ccco1. The summed E-state index contributed by atoms with van der Waals surface area (Å²) < 4.78 is 6.37. The van der Waals surface area contributed by atoms with Gasteiger partial charge in [-0.2, -0.15) is 0 Å². The number of thioether (sulfide) groups is 1. The predicted molar refractivity (Wildman–Crippen MR) is 70.5 cm³/mol. The van der Waals surface area contributed by atoms with Crippen LogP contribution in [0.4, 0.5) is 0 Å². The van der Waals surface area contributed by atoms with Crippen LogP contribution in [0.2, 0.25) is 0 Å². The van der Waals surface area contributed by atoms with Crippen molar-refractivity contribution in [3.63, 3.8) is 0 Å². The number of hydrogen-bond acceptors (Lipinski definition) is 3. The van der Waals surface area contributed by atoms with Gasteiger partial charge in [-0.25, -0.2) is 0 Å². The molecule has 0 amide bonds. The number of nitrogens with two attached hydrogens (primary N) is 1. The van der Waals surface area contributed by atoms with Gasteiger partial charge in [0.25, 0.3) is 0 Å². The Morgan fingerprint density at radius 3 is 2.75 bits per heavy atom. The summed E-state index contributed by atoms with van der Waals surface area (Å²) in [5.74, 6) is 1.63. The Labute approximate surface area is 107 Å². The molecule has 0 aliphatic carbocycles. The van der Waals surface area contributed by atoms with Crippen molar-refractivity contribution in [2.75, 3.05) is 5.75 Å². The highest BCUT2D eigenvalue weighted by Crippen LogP contribution is 2.29. The molecule has 2 rings (SSSR count). The molecule has 0 saturated carbocycles. The van der Waals surface area contributed by atoms with Gasteiger partial charge in [-0.05, 0) is 40.2 Å². The Morgan fingerprint density at radius 1 is 1.25 bits per heavy atom. The van der Waals surface area contributed by atoms with Crippen molar-refractivity contribution in [3.05, 3.63) is 52.9 Å². The third-order valence-corrected chi connectivity index (χ3v) is 4.31.